The van der Waals surface area contributed by atoms with Crippen molar-refractivity contribution in [3.63, 3.8) is 0 Å². The van der Waals surface area contributed by atoms with E-state index in [9.17, 15) is 23.2 Å². The molecule has 0 bridgehead atoms. The monoisotopic (exact) mass is 479 g/mol. The van der Waals surface area contributed by atoms with Crippen LogP contribution in [-0.4, -0.2) is 45.7 Å². The second kappa shape index (κ2) is 9.66. The van der Waals surface area contributed by atoms with Crippen molar-refractivity contribution >= 4 is 46.0 Å². The Morgan fingerprint density at radius 2 is 1.94 bits per heavy atom. The quantitative estimate of drug-likeness (QED) is 0.599. The topological polar surface area (TPSA) is 79.4 Å². The SMILES string of the molecule is CSCCC(C(=O)Nc1nc(-c2cc(F)ccc2F)cs1)N1C(=O)C2CCCCC2C1=O. The van der Waals surface area contributed by atoms with E-state index >= 15 is 0 Å². The minimum Gasteiger partial charge on any atom is -0.300 e. The number of imide groups is 1. The number of halogens is 2. The van der Waals surface area contributed by atoms with Crippen molar-refractivity contribution in [2.45, 2.75) is 38.1 Å². The summed E-state index contributed by atoms with van der Waals surface area (Å²) in [4.78, 5) is 44.5. The standard InChI is InChI=1S/C22H23F2N3O3S2/c1-31-9-8-18(27-20(29)13-4-2-3-5-14(13)21(27)30)19(28)26-22-25-17(11-32-22)15-10-12(23)6-7-16(15)24/h6-7,10-11,13-14,18H,2-5,8-9H2,1H3,(H,25,26,28). The fourth-order valence-corrected chi connectivity index (χ4v) is 5.61. The summed E-state index contributed by atoms with van der Waals surface area (Å²) in [6.07, 6.45) is 5.40. The average molecular weight is 480 g/mol. The Balaban J connectivity index is 1.54. The van der Waals surface area contributed by atoms with E-state index in [1.165, 1.54) is 17.1 Å². The number of anilines is 1. The van der Waals surface area contributed by atoms with Crippen molar-refractivity contribution in [3.05, 3.63) is 35.2 Å². The third-order valence-corrected chi connectivity index (χ3v) is 7.43. The lowest BCUT2D eigenvalue weighted by atomic mass is 9.81. The van der Waals surface area contributed by atoms with E-state index in [0.717, 1.165) is 47.3 Å². The van der Waals surface area contributed by atoms with Gasteiger partial charge in [-0.25, -0.2) is 13.8 Å². The maximum absolute atomic E-state index is 14.1. The van der Waals surface area contributed by atoms with E-state index in [0.29, 0.717) is 25.0 Å². The molecule has 4 rings (SSSR count). The van der Waals surface area contributed by atoms with Gasteiger partial charge >= 0.3 is 0 Å². The van der Waals surface area contributed by atoms with Gasteiger partial charge in [-0.1, -0.05) is 12.8 Å². The number of likely N-dealkylation sites (tertiary alicyclic amines) is 1. The van der Waals surface area contributed by atoms with E-state index in [1.54, 1.807) is 0 Å². The van der Waals surface area contributed by atoms with Crippen LogP contribution in [0.15, 0.2) is 23.6 Å². The van der Waals surface area contributed by atoms with Crippen LogP contribution >= 0.6 is 23.1 Å². The first-order valence-corrected chi connectivity index (χ1v) is 12.8. The number of amides is 3. The number of carbonyl (C=O) groups is 3. The Morgan fingerprint density at radius 3 is 2.59 bits per heavy atom. The summed E-state index contributed by atoms with van der Waals surface area (Å²) in [6.45, 7) is 0. The molecule has 2 aliphatic rings. The van der Waals surface area contributed by atoms with Crippen molar-refractivity contribution < 1.29 is 23.2 Å². The molecule has 3 unspecified atom stereocenters. The molecule has 1 aromatic carbocycles. The predicted octanol–water partition coefficient (Wildman–Crippen LogP) is 4.32. The Hall–Kier alpha value is -2.33. The molecule has 1 saturated carbocycles. The first-order valence-electron chi connectivity index (χ1n) is 10.5. The first-order chi connectivity index (χ1) is 15.4. The molecule has 6 nitrogen and oxygen atoms in total. The van der Waals surface area contributed by atoms with E-state index in [4.69, 9.17) is 0 Å². The van der Waals surface area contributed by atoms with Gasteiger partial charge in [0, 0.05) is 10.9 Å². The number of nitrogens with one attached hydrogen (secondary N) is 1. The van der Waals surface area contributed by atoms with Crippen molar-refractivity contribution in [2.24, 2.45) is 11.8 Å². The number of fused-ring (bicyclic) bond motifs is 1. The third-order valence-electron chi connectivity index (χ3n) is 6.02. The molecule has 1 N–H and O–H groups in total. The van der Waals surface area contributed by atoms with Gasteiger partial charge in [-0.2, -0.15) is 11.8 Å². The van der Waals surface area contributed by atoms with Gasteiger partial charge in [0.05, 0.1) is 17.5 Å². The van der Waals surface area contributed by atoms with Crippen molar-refractivity contribution in [1.82, 2.24) is 9.88 Å². The molecule has 1 aliphatic carbocycles. The summed E-state index contributed by atoms with van der Waals surface area (Å²) in [6, 6.07) is 2.16. The van der Waals surface area contributed by atoms with Crippen molar-refractivity contribution in [2.75, 3.05) is 17.3 Å². The minimum atomic E-state index is -0.925. The van der Waals surface area contributed by atoms with Crippen LogP contribution in [0.4, 0.5) is 13.9 Å². The van der Waals surface area contributed by atoms with E-state index < -0.39 is 23.6 Å². The molecule has 1 aliphatic heterocycles. The van der Waals surface area contributed by atoms with Gasteiger partial charge in [-0.05, 0) is 49.5 Å². The Labute approximate surface area is 192 Å². The Bertz CT molecular complexity index is 1020. The Morgan fingerprint density at radius 1 is 1.25 bits per heavy atom. The molecule has 1 saturated heterocycles. The summed E-state index contributed by atoms with van der Waals surface area (Å²) in [5, 5.41) is 4.38. The minimum absolute atomic E-state index is 0.00495. The van der Waals surface area contributed by atoms with Gasteiger partial charge in [-0.15, -0.1) is 11.3 Å². The van der Waals surface area contributed by atoms with Crippen LogP contribution in [0.5, 0.6) is 0 Å². The lowest BCUT2D eigenvalue weighted by Gasteiger charge is -2.25. The van der Waals surface area contributed by atoms with Gasteiger partial charge in [-0.3, -0.25) is 19.3 Å². The third kappa shape index (κ3) is 4.43. The van der Waals surface area contributed by atoms with Crippen molar-refractivity contribution in [1.29, 1.82) is 0 Å². The molecule has 10 heteroatoms. The molecule has 2 fully saturated rings. The number of thiazole rings is 1. The van der Waals surface area contributed by atoms with Gasteiger partial charge in [0.25, 0.3) is 0 Å². The summed E-state index contributed by atoms with van der Waals surface area (Å²) in [5.41, 5.74) is 0.192. The number of nitrogens with zero attached hydrogens (tertiary/aromatic N) is 2. The summed E-state index contributed by atoms with van der Waals surface area (Å²) in [5.74, 6) is -2.30. The lowest BCUT2D eigenvalue weighted by Crippen LogP contribution is -2.48. The predicted molar refractivity (Wildman–Crippen MR) is 120 cm³/mol. The highest BCUT2D eigenvalue weighted by Gasteiger charge is 2.51. The molecule has 1 aromatic heterocycles. The average Bonchev–Trinajstić information content (AvgIpc) is 3.34. The molecule has 32 heavy (non-hydrogen) atoms. The summed E-state index contributed by atoms with van der Waals surface area (Å²) in [7, 11) is 0. The molecule has 3 amide bonds. The van der Waals surface area contributed by atoms with Crippen LogP contribution in [0.1, 0.15) is 32.1 Å². The largest absolute Gasteiger partial charge is 0.300 e. The number of benzene rings is 1. The molecular formula is C22H23F2N3O3S2. The number of hydrogen-bond acceptors (Lipinski definition) is 6. The molecule has 0 radical (unpaired) electrons. The van der Waals surface area contributed by atoms with Crippen LogP contribution < -0.4 is 5.32 Å². The van der Waals surface area contributed by atoms with Gasteiger partial charge in [0.15, 0.2) is 5.13 Å². The van der Waals surface area contributed by atoms with Gasteiger partial charge in [0.1, 0.15) is 17.7 Å². The fourth-order valence-electron chi connectivity index (χ4n) is 4.44. The van der Waals surface area contributed by atoms with Crippen LogP contribution in [0.25, 0.3) is 11.3 Å². The lowest BCUT2D eigenvalue weighted by molar-refractivity contribution is -0.146. The highest BCUT2D eigenvalue weighted by Crippen LogP contribution is 2.39. The molecule has 2 heterocycles. The Kier molecular flexibility index (Phi) is 6.90. The highest BCUT2D eigenvalue weighted by molar-refractivity contribution is 7.98. The zero-order chi connectivity index (χ0) is 22.8. The molecule has 3 atom stereocenters. The van der Waals surface area contributed by atoms with E-state index in [1.807, 2.05) is 6.26 Å². The summed E-state index contributed by atoms with van der Waals surface area (Å²) >= 11 is 2.59. The highest BCUT2D eigenvalue weighted by atomic mass is 32.2. The molecular weight excluding hydrogens is 456 g/mol. The number of carbonyl (C=O) groups excluding carboxylic acids is 3. The first kappa shape index (κ1) is 22.8. The number of aromatic nitrogens is 1. The maximum Gasteiger partial charge on any atom is 0.249 e. The second-order valence-electron chi connectivity index (χ2n) is 7.99. The van der Waals surface area contributed by atoms with Gasteiger partial charge < -0.3 is 5.32 Å². The molecule has 2 aromatic rings. The van der Waals surface area contributed by atoms with Crippen LogP contribution in [-0.2, 0) is 14.4 Å². The van der Waals surface area contributed by atoms with Crippen LogP contribution in [0.2, 0.25) is 0 Å². The zero-order valence-electron chi connectivity index (χ0n) is 17.5. The van der Waals surface area contributed by atoms with Gasteiger partial charge in [0.2, 0.25) is 17.7 Å². The molecule has 0 spiro atoms. The van der Waals surface area contributed by atoms with Crippen molar-refractivity contribution in [3.8, 4) is 11.3 Å². The maximum atomic E-state index is 14.1. The summed E-state index contributed by atoms with van der Waals surface area (Å²) < 4.78 is 27.6. The number of hydrogen-bond donors (Lipinski definition) is 1. The van der Waals surface area contributed by atoms with Crippen LogP contribution in [0.3, 0.4) is 0 Å². The van der Waals surface area contributed by atoms with E-state index in [-0.39, 0.29) is 40.0 Å². The molecule has 170 valence electrons. The van der Waals surface area contributed by atoms with Crippen LogP contribution in [0, 0.1) is 23.5 Å². The number of rotatable bonds is 7. The zero-order valence-corrected chi connectivity index (χ0v) is 19.1. The number of thioether (sulfide) groups is 1. The fraction of sp³-hybridized carbons (Fsp3) is 0.455. The normalized spacial score (nSPS) is 21.5. The van der Waals surface area contributed by atoms with E-state index in [2.05, 4.69) is 10.3 Å². The second-order valence-corrected chi connectivity index (χ2v) is 9.84. The smallest absolute Gasteiger partial charge is 0.249 e.